The second-order valence-corrected chi connectivity index (χ2v) is 7.26. The fourth-order valence-corrected chi connectivity index (χ4v) is 3.87. The quantitative estimate of drug-likeness (QED) is 0.344. The maximum absolute atomic E-state index is 12.3. The number of allylic oxidation sites excluding steroid dienone is 1. The summed E-state index contributed by atoms with van der Waals surface area (Å²) >= 11 is 3.09. The zero-order valence-electron chi connectivity index (χ0n) is 13.2. The topological polar surface area (TPSA) is 34.9 Å². The highest BCUT2D eigenvalue weighted by Crippen LogP contribution is 2.28. The predicted octanol–water partition coefficient (Wildman–Crippen LogP) is 5.56. The van der Waals surface area contributed by atoms with E-state index in [4.69, 9.17) is 5.10 Å². The van der Waals surface area contributed by atoms with E-state index in [1.54, 1.807) is 17.4 Å². The lowest BCUT2D eigenvalue weighted by atomic mass is 10.2. The molecule has 0 saturated carbocycles. The Hall–Kier alpha value is -2.76. The zero-order valence-corrected chi connectivity index (χ0v) is 14.8. The molecule has 3 nitrogen and oxygen atoms in total. The second kappa shape index (κ2) is 7.01. The molecule has 4 aromatic rings. The van der Waals surface area contributed by atoms with Crippen molar-refractivity contribution in [2.45, 2.75) is 0 Å². The number of hydrogen-bond donors (Lipinski definition) is 0. The van der Waals surface area contributed by atoms with E-state index in [1.165, 1.54) is 11.3 Å². The summed E-state index contributed by atoms with van der Waals surface area (Å²) in [5.41, 5.74) is 2.80. The van der Waals surface area contributed by atoms with Crippen LogP contribution in [0.5, 0.6) is 0 Å². The monoisotopic (exact) mass is 362 g/mol. The van der Waals surface area contributed by atoms with Crippen LogP contribution >= 0.6 is 22.7 Å². The number of carbonyl (C=O) groups excluding carboxylic acids is 1. The van der Waals surface area contributed by atoms with Gasteiger partial charge in [0, 0.05) is 11.8 Å². The Morgan fingerprint density at radius 3 is 2.48 bits per heavy atom. The predicted molar refractivity (Wildman–Crippen MR) is 105 cm³/mol. The van der Waals surface area contributed by atoms with Gasteiger partial charge in [-0.3, -0.25) is 4.79 Å². The maximum atomic E-state index is 12.3. The molecule has 0 atom stereocenters. The van der Waals surface area contributed by atoms with Crippen LogP contribution in [0.25, 0.3) is 22.3 Å². The third-order valence-electron chi connectivity index (χ3n) is 3.70. The summed E-state index contributed by atoms with van der Waals surface area (Å²) in [5.74, 6) is 0.0135. The van der Waals surface area contributed by atoms with Crippen molar-refractivity contribution in [3.63, 3.8) is 0 Å². The number of hydrogen-bond acceptors (Lipinski definition) is 4. The lowest BCUT2D eigenvalue weighted by Gasteiger charge is -1.99. The van der Waals surface area contributed by atoms with Crippen molar-refractivity contribution in [3.8, 4) is 16.3 Å². The van der Waals surface area contributed by atoms with Crippen LogP contribution in [-0.2, 0) is 0 Å². The molecule has 122 valence electrons. The van der Waals surface area contributed by atoms with Gasteiger partial charge in [0.25, 0.3) is 0 Å². The lowest BCUT2D eigenvalue weighted by Crippen LogP contribution is -1.93. The highest BCUT2D eigenvalue weighted by molar-refractivity contribution is 7.13. The maximum Gasteiger partial charge on any atom is 0.195 e. The van der Waals surface area contributed by atoms with Crippen LogP contribution in [0.3, 0.4) is 0 Å². The zero-order chi connectivity index (χ0) is 17.1. The molecule has 0 bridgehead atoms. The first-order valence-corrected chi connectivity index (χ1v) is 9.52. The minimum absolute atomic E-state index is 0.0135. The SMILES string of the molecule is O=C(C=Cc1cn(-c2ccccc2)nc1-c1cccs1)c1cccs1. The van der Waals surface area contributed by atoms with Gasteiger partial charge in [-0.1, -0.05) is 30.3 Å². The van der Waals surface area contributed by atoms with E-state index in [0.29, 0.717) is 0 Å². The third-order valence-corrected chi connectivity index (χ3v) is 5.46. The van der Waals surface area contributed by atoms with Crippen molar-refractivity contribution in [1.82, 2.24) is 9.78 Å². The van der Waals surface area contributed by atoms with Gasteiger partial charge in [-0.05, 0) is 47.2 Å². The molecule has 1 aromatic carbocycles. The number of thiophene rings is 2. The number of carbonyl (C=O) groups is 1. The Morgan fingerprint density at radius 2 is 1.76 bits per heavy atom. The molecule has 25 heavy (non-hydrogen) atoms. The average molecular weight is 362 g/mol. The van der Waals surface area contributed by atoms with Gasteiger partial charge < -0.3 is 0 Å². The molecule has 0 aliphatic carbocycles. The molecular formula is C20H14N2OS2. The molecule has 0 fully saturated rings. The molecule has 0 saturated heterocycles. The number of ketones is 1. The summed E-state index contributed by atoms with van der Waals surface area (Å²) in [6.07, 6.45) is 5.43. The molecule has 4 rings (SSSR count). The van der Waals surface area contributed by atoms with Crippen molar-refractivity contribution in [3.05, 3.63) is 88.1 Å². The van der Waals surface area contributed by atoms with Gasteiger partial charge in [-0.25, -0.2) is 4.68 Å². The Balaban J connectivity index is 1.73. The Labute approximate surface area is 153 Å². The Bertz CT molecular complexity index is 998. The van der Waals surface area contributed by atoms with E-state index < -0.39 is 0 Å². The van der Waals surface area contributed by atoms with Gasteiger partial charge in [-0.15, -0.1) is 22.7 Å². The molecule has 0 aliphatic heterocycles. The number of benzene rings is 1. The largest absolute Gasteiger partial charge is 0.288 e. The van der Waals surface area contributed by atoms with E-state index in [9.17, 15) is 4.79 Å². The number of para-hydroxylation sites is 1. The third kappa shape index (κ3) is 3.38. The van der Waals surface area contributed by atoms with Crippen molar-refractivity contribution >= 4 is 34.5 Å². The first-order valence-electron chi connectivity index (χ1n) is 7.76. The summed E-state index contributed by atoms with van der Waals surface area (Å²) in [6.45, 7) is 0. The summed E-state index contributed by atoms with van der Waals surface area (Å²) in [6, 6.07) is 17.7. The number of nitrogens with zero attached hydrogens (tertiary/aromatic N) is 2. The van der Waals surface area contributed by atoms with Gasteiger partial charge in [0.05, 0.1) is 15.4 Å². The van der Waals surface area contributed by atoms with Gasteiger partial charge in [0.1, 0.15) is 5.69 Å². The Kier molecular flexibility index (Phi) is 4.41. The molecule has 5 heteroatoms. The number of aromatic nitrogens is 2. The molecule has 0 unspecified atom stereocenters. The summed E-state index contributed by atoms with van der Waals surface area (Å²) in [4.78, 5) is 14.1. The normalized spacial score (nSPS) is 11.2. The van der Waals surface area contributed by atoms with E-state index in [0.717, 1.165) is 26.7 Å². The van der Waals surface area contributed by atoms with Crippen LogP contribution in [0.4, 0.5) is 0 Å². The molecular weight excluding hydrogens is 348 g/mol. The van der Waals surface area contributed by atoms with Gasteiger partial charge in [-0.2, -0.15) is 5.10 Å². The number of rotatable bonds is 5. The molecule has 0 spiro atoms. The van der Waals surface area contributed by atoms with Crippen LogP contribution < -0.4 is 0 Å². The van der Waals surface area contributed by atoms with Gasteiger partial charge in [0.15, 0.2) is 5.78 Å². The van der Waals surface area contributed by atoms with E-state index >= 15 is 0 Å². The summed E-state index contributed by atoms with van der Waals surface area (Å²) in [7, 11) is 0. The minimum Gasteiger partial charge on any atom is -0.288 e. The van der Waals surface area contributed by atoms with Crippen LogP contribution in [0, 0.1) is 0 Å². The van der Waals surface area contributed by atoms with Crippen LogP contribution in [0.1, 0.15) is 15.2 Å². The molecule has 0 aliphatic rings. The smallest absolute Gasteiger partial charge is 0.195 e. The fourth-order valence-electron chi connectivity index (χ4n) is 2.49. The van der Waals surface area contributed by atoms with Crippen molar-refractivity contribution in [1.29, 1.82) is 0 Å². The first-order chi connectivity index (χ1) is 12.3. The van der Waals surface area contributed by atoms with E-state index in [-0.39, 0.29) is 5.78 Å². The molecule has 0 amide bonds. The molecule has 3 heterocycles. The van der Waals surface area contributed by atoms with E-state index in [1.807, 2.05) is 82.3 Å². The van der Waals surface area contributed by atoms with E-state index in [2.05, 4.69) is 0 Å². The minimum atomic E-state index is 0.0135. The van der Waals surface area contributed by atoms with Crippen LogP contribution in [-0.4, -0.2) is 15.6 Å². The fraction of sp³-hybridized carbons (Fsp3) is 0. The van der Waals surface area contributed by atoms with Crippen molar-refractivity contribution in [2.75, 3.05) is 0 Å². The molecule has 0 N–H and O–H groups in total. The first kappa shape index (κ1) is 15.7. The van der Waals surface area contributed by atoms with Crippen molar-refractivity contribution < 1.29 is 4.79 Å². The van der Waals surface area contributed by atoms with Gasteiger partial charge >= 0.3 is 0 Å². The van der Waals surface area contributed by atoms with Gasteiger partial charge in [0.2, 0.25) is 0 Å². The second-order valence-electron chi connectivity index (χ2n) is 5.37. The average Bonchev–Trinajstić information content (AvgIpc) is 3.41. The summed E-state index contributed by atoms with van der Waals surface area (Å²) in [5, 5.41) is 8.67. The molecule has 3 aromatic heterocycles. The lowest BCUT2D eigenvalue weighted by molar-refractivity contribution is 0.105. The standard InChI is InChI=1S/C20H14N2OS2/c23-17(18-8-4-12-24-18)11-10-15-14-22(16-6-2-1-3-7-16)21-20(15)19-9-5-13-25-19/h1-14H. The molecule has 0 radical (unpaired) electrons. The summed E-state index contributed by atoms with van der Waals surface area (Å²) < 4.78 is 1.85. The van der Waals surface area contributed by atoms with Crippen molar-refractivity contribution in [2.24, 2.45) is 0 Å². The highest BCUT2D eigenvalue weighted by atomic mass is 32.1. The highest BCUT2D eigenvalue weighted by Gasteiger charge is 2.12. The van der Waals surface area contributed by atoms with Crippen LogP contribution in [0.2, 0.25) is 0 Å². The Morgan fingerprint density at radius 1 is 0.960 bits per heavy atom. The van der Waals surface area contributed by atoms with Crippen LogP contribution in [0.15, 0.2) is 77.6 Å².